The molecule has 0 saturated carbocycles. The molecule has 30 heavy (non-hydrogen) atoms. The zero-order chi connectivity index (χ0) is 21.1. The highest BCUT2D eigenvalue weighted by Crippen LogP contribution is 2.36. The number of hydrogen-bond donors (Lipinski definition) is 1. The Balaban J connectivity index is 0.000000687. The minimum Gasteiger partial charge on any atom is -0.483 e. The fraction of sp³-hybridized carbons (Fsp3) is 0.348. The van der Waals surface area contributed by atoms with Crippen LogP contribution < -0.4 is 0 Å². The molecule has 2 bridgehead atoms. The summed E-state index contributed by atoms with van der Waals surface area (Å²) in [5, 5.41) is 7.83. The Hall–Kier alpha value is -2.64. The van der Waals surface area contributed by atoms with E-state index in [9.17, 15) is 9.18 Å². The van der Waals surface area contributed by atoms with E-state index in [4.69, 9.17) is 9.90 Å². The zero-order valence-electron chi connectivity index (χ0n) is 16.5. The summed E-state index contributed by atoms with van der Waals surface area (Å²) in [5.74, 6) is 1.12. The number of carbonyl (C=O) groups is 2. The molecule has 3 fully saturated rings. The average molecular weight is 427 g/mol. The number of carboxylic acid groups (broad SMARTS) is 1. The topological polar surface area (TPSA) is 70.5 Å². The Morgan fingerprint density at radius 2 is 1.83 bits per heavy atom. The van der Waals surface area contributed by atoms with Crippen molar-refractivity contribution >= 4 is 33.9 Å². The summed E-state index contributed by atoms with van der Waals surface area (Å²) in [7, 11) is 0. The van der Waals surface area contributed by atoms with Crippen LogP contribution in [0.15, 0.2) is 42.5 Å². The number of carbonyl (C=O) groups excluding carboxylic acids is 1. The number of Topliss-reactive ketones (excluding diaryl/α,β-unsaturated/α-hetero) is 1. The van der Waals surface area contributed by atoms with Gasteiger partial charge in [0.05, 0.1) is 4.70 Å². The van der Waals surface area contributed by atoms with Gasteiger partial charge in [0.25, 0.3) is 6.47 Å². The van der Waals surface area contributed by atoms with Gasteiger partial charge >= 0.3 is 0 Å². The summed E-state index contributed by atoms with van der Waals surface area (Å²) in [6, 6.07) is 12.5. The molecular weight excluding hydrogens is 403 g/mol. The predicted octanol–water partition coefficient (Wildman–Crippen LogP) is 4.72. The van der Waals surface area contributed by atoms with Gasteiger partial charge in [0, 0.05) is 18.4 Å². The molecule has 5 nitrogen and oxygen atoms in total. The molecule has 3 aliphatic heterocycles. The minimum absolute atomic E-state index is 0.175. The Morgan fingerprint density at radius 3 is 2.47 bits per heavy atom. The standard InChI is InChI=1S/C22H21FN2OS.CH2O2/c23-18-4-1-14(2-5-18)16-3-6-19-21(12-16)27-24-22(19)20(26)11-17-13-25-9-7-15(17)8-10-25;2-1-3/h1-6,12,15,17H,7-11,13H2;1H,(H,2,3)/t17-;/m1./s1. The van der Waals surface area contributed by atoms with Crippen molar-refractivity contribution in [2.24, 2.45) is 11.8 Å². The second-order valence-corrected chi connectivity index (χ2v) is 8.68. The molecule has 7 heteroatoms. The van der Waals surface area contributed by atoms with Crippen LogP contribution >= 0.6 is 11.5 Å². The fourth-order valence-corrected chi connectivity index (χ4v) is 5.45. The van der Waals surface area contributed by atoms with E-state index in [1.165, 1.54) is 49.6 Å². The Bertz CT molecular complexity index is 1040. The molecular formula is C23H23FN2O3S. The minimum atomic E-state index is -0.250. The van der Waals surface area contributed by atoms with E-state index in [2.05, 4.69) is 9.27 Å². The van der Waals surface area contributed by atoms with Gasteiger partial charge < -0.3 is 10.0 Å². The van der Waals surface area contributed by atoms with Crippen molar-refractivity contribution in [3.63, 3.8) is 0 Å². The van der Waals surface area contributed by atoms with Crippen LogP contribution in [-0.4, -0.2) is 46.3 Å². The third-order valence-electron chi connectivity index (χ3n) is 6.15. The van der Waals surface area contributed by atoms with Gasteiger partial charge in [-0.3, -0.25) is 9.59 Å². The second-order valence-electron chi connectivity index (χ2n) is 7.88. The van der Waals surface area contributed by atoms with E-state index in [0.29, 0.717) is 24.0 Å². The van der Waals surface area contributed by atoms with Crippen molar-refractivity contribution in [2.75, 3.05) is 19.6 Å². The average Bonchev–Trinajstić information content (AvgIpc) is 3.19. The van der Waals surface area contributed by atoms with Gasteiger partial charge in [0.1, 0.15) is 11.5 Å². The van der Waals surface area contributed by atoms with E-state index in [1.807, 2.05) is 18.2 Å². The Kier molecular flexibility index (Phi) is 6.20. The van der Waals surface area contributed by atoms with Gasteiger partial charge in [-0.05, 0) is 78.6 Å². The van der Waals surface area contributed by atoms with Gasteiger partial charge in [0.15, 0.2) is 5.78 Å². The molecule has 3 aliphatic rings. The molecule has 1 N–H and O–H groups in total. The number of halogens is 1. The first-order chi connectivity index (χ1) is 14.6. The van der Waals surface area contributed by atoms with E-state index in [1.54, 1.807) is 12.1 Å². The molecule has 4 heterocycles. The molecule has 1 atom stereocenters. The van der Waals surface area contributed by atoms with Crippen LogP contribution in [0, 0.1) is 17.7 Å². The maximum atomic E-state index is 13.1. The van der Waals surface area contributed by atoms with Crippen molar-refractivity contribution in [3.05, 3.63) is 54.0 Å². The van der Waals surface area contributed by atoms with Crippen molar-refractivity contribution in [1.82, 2.24) is 9.27 Å². The first-order valence-corrected chi connectivity index (χ1v) is 10.8. The molecule has 1 aromatic heterocycles. The molecule has 6 rings (SSSR count). The normalized spacial score (nSPS) is 22.4. The molecule has 3 aromatic rings. The zero-order valence-corrected chi connectivity index (χ0v) is 17.3. The van der Waals surface area contributed by atoms with Gasteiger partial charge in [0.2, 0.25) is 0 Å². The lowest BCUT2D eigenvalue weighted by Crippen LogP contribution is -2.47. The summed E-state index contributed by atoms with van der Waals surface area (Å²) in [4.78, 5) is 23.8. The van der Waals surface area contributed by atoms with Gasteiger partial charge in [-0.15, -0.1) is 0 Å². The summed E-state index contributed by atoms with van der Waals surface area (Å²) < 4.78 is 18.6. The lowest BCUT2D eigenvalue weighted by Gasteiger charge is -2.44. The number of fused-ring (bicyclic) bond motifs is 4. The maximum absolute atomic E-state index is 13.1. The van der Waals surface area contributed by atoms with E-state index >= 15 is 0 Å². The van der Waals surface area contributed by atoms with E-state index < -0.39 is 0 Å². The number of benzene rings is 2. The third-order valence-corrected chi connectivity index (χ3v) is 6.96. The summed E-state index contributed by atoms with van der Waals surface area (Å²) in [5.41, 5.74) is 2.60. The van der Waals surface area contributed by atoms with Crippen LogP contribution in [-0.2, 0) is 4.79 Å². The van der Waals surface area contributed by atoms with Crippen LogP contribution in [0.1, 0.15) is 29.8 Å². The Labute approximate surface area is 178 Å². The van der Waals surface area contributed by atoms with Gasteiger partial charge in [-0.1, -0.05) is 24.3 Å². The van der Waals surface area contributed by atoms with Crippen LogP contribution in [0.25, 0.3) is 21.2 Å². The highest BCUT2D eigenvalue weighted by molar-refractivity contribution is 7.13. The number of hydrogen-bond acceptors (Lipinski definition) is 5. The molecule has 156 valence electrons. The fourth-order valence-electron chi connectivity index (χ4n) is 4.61. The monoisotopic (exact) mass is 426 g/mol. The molecule has 0 aliphatic carbocycles. The van der Waals surface area contributed by atoms with Crippen molar-refractivity contribution in [2.45, 2.75) is 19.3 Å². The highest BCUT2D eigenvalue weighted by Gasteiger charge is 2.35. The van der Waals surface area contributed by atoms with Crippen LogP contribution in [0.5, 0.6) is 0 Å². The largest absolute Gasteiger partial charge is 0.483 e. The SMILES string of the molecule is O=C(C[C@@H]1CN2CCC1CC2)c1nsc2cc(-c3ccc(F)cc3)ccc12.O=CO. The summed E-state index contributed by atoms with van der Waals surface area (Å²) in [6.07, 6.45) is 3.08. The van der Waals surface area contributed by atoms with Crippen LogP contribution in [0.3, 0.4) is 0 Å². The Morgan fingerprint density at radius 1 is 1.17 bits per heavy atom. The molecule has 0 spiro atoms. The molecule has 0 radical (unpaired) electrons. The van der Waals surface area contributed by atoms with Gasteiger partial charge in [-0.25, -0.2) is 4.39 Å². The van der Waals surface area contributed by atoms with Gasteiger partial charge in [-0.2, -0.15) is 4.37 Å². The van der Waals surface area contributed by atoms with E-state index in [-0.39, 0.29) is 18.1 Å². The second kappa shape index (κ2) is 9.02. The van der Waals surface area contributed by atoms with Crippen molar-refractivity contribution in [1.29, 1.82) is 0 Å². The summed E-state index contributed by atoms with van der Waals surface area (Å²) >= 11 is 1.38. The first-order valence-electron chi connectivity index (χ1n) is 10.1. The lowest BCUT2D eigenvalue weighted by atomic mass is 9.76. The first kappa shape index (κ1) is 20.6. The molecule has 0 unspecified atom stereocenters. The number of ketones is 1. The third kappa shape index (κ3) is 4.27. The lowest BCUT2D eigenvalue weighted by molar-refractivity contribution is -0.122. The quantitative estimate of drug-likeness (QED) is 0.483. The molecule has 2 aromatic carbocycles. The molecule has 3 saturated heterocycles. The van der Waals surface area contributed by atoms with Crippen LogP contribution in [0.4, 0.5) is 4.39 Å². The number of piperidine rings is 3. The number of aromatic nitrogens is 1. The van der Waals surface area contributed by atoms with E-state index in [0.717, 1.165) is 27.8 Å². The highest BCUT2D eigenvalue weighted by atomic mass is 32.1. The van der Waals surface area contributed by atoms with Crippen molar-refractivity contribution < 1.29 is 19.1 Å². The van der Waals surface area contributed by atoms with Crippen molar-refractivity contribution in [3.8, 4) is 11.1 Å². The maximum Gasteiger partial charge on any atom is 0.290 e. The van der Waals surface area contributed by atoms with Crippen LogP contribution in [0.2, 0.25) is 0 Å². The summed E-state index contributed by atoms with van der Waals surface area (Å²) in [6.45, 7) is 3.20. The number of rotatable bonds is 4. The smallest absolute Gasteiger partial charge is 0.290 e. The predicted molar refractivity (Wildman–Crippen MR) is 115 cm³/mol. The molecule has 0 amide bonds. The number of nitrogens with zero attached hydrogens (tertiary/aromatic N) is 2.